The van der Waals surface area contributed by atoms with Crippen molar-refractivity contribution >= 4 is 45.4 Å². The van der Waals surface area contributed by atoms with Crippen LogP contribution in [0.1, 0.15) is 38.5 Å². The van der Waals surface area contributed by atoms with Gasteiger partial charge >= 0.3 is 0 Å². The van der Waals surface area contributed by atoms with Gasteiger partial charge in [0.15, 0.2) is 6.19 Å². The van der Waals surface area contributed by atoms with E-state index in [-0.39, 0.29) is 17.8 Å². The highest BCUT2D eigenvalue weighted by Gasteiger charge is 2.23. The molecule has 3 heterocycles. The normalized spacial score (nSPS) is 16.5. The number of benzene rings is 2. The number of likely N-dealkylation sites (tertiary alicyclic amines) is 2. The highest BCUT2D eigenvalue weighted by molar-refractivity contribution is 6.06. The zero-order valence-corrected chi connectivity index (χ0v) is 19.7. The van der Waals surface area contributed by atoms with Crippen LogP contribution < -0.4 is 11.1 Å². The van der Waals surface area contributed by atoms with Crippen molar-refractivity contribution in [1.82, 2.24) is 15.1 Å². The fraction of sp³-hybridized carbons (Fsp3) is 0.385. The lowest BCUT2D eigenvalue weighted by Gasteiger charge is -2.23. The molecule has 1 aromatic heterocycles. The van der Waals surface area contributed by atoms with Gasteiger partial charge in [0, 0.05) is 36.8 Å². The van der Waals surface area contributed by atoms with Crippen molar-refractivity contribution in [1.29, 1.82) is 5.26 Å². The van der Waals surface area contributed by atoms with E-state index in [4.69, 9.17) is 15.4 Å². The zero-order valence-electron chi connectivity index (χ0n) is 19.7. The SMILES string of the molecule is N#CNC(N)=Nc1ccc2oc3ccccc3c2c1.O=C(CN1CCCCCC1=O)N1CCCC1. The van der Waals surface area contributed by atoms with Crippen LogP contribution in [0, 0.1) is 11.5 Å². The molecule has 9 nitrogen and oxygen atoms in total. The number of fused-ring (bicyclic) bond motifs is 3. The first-order chi connectivity index (χ1) is 17.0. The molecule has 0 aliphatic carbocycles. The van der Waals surface area contributed by atoms with E-state index in [1.54, 1.807) is 17.2 Å². The highest BCUT2D eigenvalue weighted by Crippen LogP contribution is 2.31. The Morgan fingerprint density at radius 1 is 1.03 bits per heavy atom. The summed E-state index contributed by atoms with van der Waals surface area (Å²) < 4.78 is 5.71. The molecule has 3 N–H and O–H groups in total. The molecule has 2 saturated heterocycles. The third-order valence-corrected chi connectivity index (χ3v) is 6.25. The Kier molecular flexibility index (Phi) is 7.83. The minimum absolute atomic E-state index is 0.0645. The van der Waals surface area contributed by atoms with Gasteiger partial charge in [-0.1, -0.05) is 24.6 Å². The topological polar surface area (TPSA) is 128 Å². The van der Waals surface area contributed by atoms with Crippen molar-refractivity contribution in [2.24, 2.45) is 10.7 Å². The number of para-hydroxylation sites is 1. The monoisotopic (exact) mass is 474 g/mol. The van der Waals surface area contributed by atoms with Gasteiger partial charge in [0.05, 0.1) is 12.2 Å². The number of aliphatic imine (C=N–C) groups is 1. The van der Waals surface area contributed by atoms with Crippen molar-refractivity contribution in [3.8, 4) is 6.19 Å². The molecule has 5 rings (SSSR count). The Hall–Kier alpha value is -4.06. The summed E-state index contributed by atoms with van der Waals surface area (Å²) >= 11 is 0. The van der Waals surface area contributed by atoms with Crippen molar-refractivity contribution < 1.29 is 14.0 Å². The Morgan fingerprint density at radius 2 is 1.77 bits per heavy atom. The molecule has 0 saturated carbocycles. The first kappa shape index (κ1) is 24.1. The third-order valence-electron chi connectivity index (χ3n) is 6.25. The second-order valence-electron chi connectivity index (χ2n) is 8.73. The molecule has 0 unspecified atom stereocenters. The van der Waals surface area contributed by atoms with E-state index in [0.717, 1.165) is 73.7 Å². The molecule has 2 aliphatic heterocycles. The van der Waals surface area contributed by atoms with Gasteiger partial charge < -0.3 is 20.0 Å². The number of carbonyl (C=O) groups is 2. The minimum Gasteiger partial charge on any atom is -0.456 e. The maximum Gasteiger partial charge on any atom is 0.242 e. The first-order valence-electron chi connectivity index (χ1n) is 12.0. The molecule has 0 bridgehead atoms. The maximum atomic E-state index is 11.9. The van der Waals surface area contributed by atoms with Crippen LogP contribution in [0.2, 0.25) is 0 Å². The van der Waals surface area contributed by atoms with Crippen LogP contribution in [0.3, 0.4) is 0 Å². The van der Waals surface area contributed by atoms with Crippen molar-refractivity contribution in [3.63, 3.8) is 0 Å². The second kappa shape index (κ2) is 11.4. The molecule has 35 heavy (non-hydrogen) atoms. The molecular formula is C26H30N6O3. The van der Waals surface area contributed by atoms with Gasteiger partial charge in [-0.3, -0.25) is 14.9 Å². The lowest BCUT2D eigenvalue weighted by Crippen LogP contribution is -2.41. The van der Waals surface area contributed by atoms with Gasteiger partial charge in [0.2, 0.25) is 17.8 Å². The van der Waals surface area contributed by atoms with Gasteiger partial charge in [-0.25, -0.2) is 4.99 Å². The zero-order chi connectivity index (χ0) is 24.6. The van der Waals surface area contributed by atoms with Gasteiger partial charge in [-0.05, 0) is 49.9 Å². The number of rotatable bonds is 3. The highest BCUT2D eigenvalue weighted by atomic mass is 16.3. The molecule has 182 valence electrons. The molecule has 2 fully saturated rings. The quantitative estimate of drug-likeness (QED) is 0.258. The van der Waals surface area contributed by atoms with Crippen LogP contribution in [0.15, 0.2) is 51.9 Å². The van der Waals surface area contributed by atoms with Crippen LogP contribution in [0.5, 0.6) is 0 Å². The van der Waals surface area contributed by atoms with Crippen LogP contribution in [-0.2, 0) is 9.59 Å². The number of nitriles is 1. The molecule has 3 aromatic rings. The molecule has 0 radical (unpaired) electrons. The molecule has 2 amide bonds. The van der Waals surface area contributed by atoms with E-state index in [9.17, 15) is 9.59 Å². The summed E-state index contributed by atoms with van der Waals surface area (Å²) in [5.41, 5.74) is 7.84. The number of nitrogens with two attached hydrogens (primary N) is 1. The van der Waals surface area contributed by atoms with Crippen LogP contribution in [-0.4, -0.2) is 53.8 Å². The van der Waals surface area contributed by atoms with Gasteiger partial charge in [-0.2, -0.15) is 5.26 Å². The summed E-state index contributed by atoms with van der Waals surface area (Å²) in [4.78, 5) is 31.4. The summed E-state index contributed by atoms with van der Waals surface area (Å²) in [6.45, 7) is 2.82. The van der Waals surface area contributed by atoms with Crippen molar-refractivity contribution in [3.05, 3.63) is 42.5 Å². The Morgan fingerprint density at radius 3 is 2.57 bits per heavy atom. The molecule has 0 spiro atoms. The predicted octanol–water partition coefficient (Wildman–Crippen LogP) is 3.61. The third kappa shape index (κ3) is 6.09. The van der Waals surface area contributed by atoms with E-state index < -0.39 is 0 Å². The predicted molar refractivity (Wildman–Crippen MR) is 135 cm³/mol. The number of hydrogen-bond acceptors (Lipinski definition) is 5. The fourth-order valence-electron chi connectivity index (χ4n) is 4.44. The Balaban J connectivity index is 0.000000168. The maximum absolute atomic E-state index is 11.9. The number of guanidine groups is 1. The number of furan rings is 1. The van der Waals surface area contributed by atoms with Crippen LogP contribution >= 0.6 is 0 Å². The number of nitrogens with one attached hydrogen (secondary N) is 1. The van der Waals surface area contributed by atoms with Gasteiger partial charge in [0.25, 0.3) is 0 Å². The largest absolute Gasteiger partial charge is 0.456 e. The van der Waals surface area contributed by atoms with Gasteiger partial charge in [-0.15, -0.1) is 0 Å². The lowest BCUT2D eigenvalue weighted by atomic mass is 10.1. The van der Waals surface area contributed by atoms with E-state index in [1.165, 1.54) is 0 Å². The fourth-order valence-corrected chi connectivity index (χ4v) is 4.44. The second-order valence-corrected chi connectivity index (χ2v) is 8.73. The Labute approximate surface area is 204 Å². The van der Waals surface area contributed by atoms with Crippen molar-refractivity contribution in [2.75, 3.05) is 26.2 Å². The van der Waals surface area contributed by atoms with Crippen molar-refractivity contribution in [2.45, 2.75) is 38.5 Å². The summed E-state index contributed by atoms with van der Waals surface area (Å²) in [7, 11) is 0. The average molecular weight is 475 g/mol. The van der Waals surface area contributed by atoms with E-state index in [1.807, 2.05) is 41.3 Å². The summed E-state index contributed by atoms with van der Waals surface area (Å²) in [6, 6.07) is 13.3. The van der Waals surface area contributed by atoms with E-state index >= 15 is 0 Å². The average Bonchev–Trinajstić information content (AvgIpc) is 3.47. The summed E-state index contributed by atoms with van der Waals surface area (Å²) in [5, 5.41) is 12.7. The summed E-state index contributed by atoms with van der Waals surface area (Å²) in [5.74, 6) is 0.354. The molecule has 9 heteroatoms. The minimum atomic E-state index is 0.0645. The first-order valence-corrected chi connectivity index (χ1v) is 12.0. The van der Waals surface area contributed by atoms with Gasteiger partial charge in [0.1, 0.15) is 11.2 Å². The number of nitrogens with zero attached hydrogens (tertiary/aromatic N) is 4. The molecule has 2 aromatic carbocycles. The number of carbonyl (C=O) groups excluding carboxylic acids is 2. The van der Waals surface area contributed by atoms with E-state index in [2.05, 4.69) is 10.3 Å². The standard InChI is InChI=1S/C14H10N4O.C12H20N2O2/c15-8-17-14(16)18-9-5-6-13-11(7-9)10-3-1-2-4-12(10)19-13;15-11-6-2-1-3-9-14(11)10-12(16)13-7-4-5-8-13/h1-7H,(H3,16,17,18);1-10H2. The number of hydrogen-bond donors (Lipinski definition) is 2. The smallest absolute Gasteiger partial charge is 0.242 e. The van der Waals surface area contributed by atoms with E-state index in [0.29, 0.717) is 18.7 Å². The number of amides is 2. The Bertz CT molecular complexity index is 1270. The lowest BCUT2D eigenvalue weighted by molar-refractivity contribution is -0.139. The molecule has 0 atom stereocenters. The molecular weight excluding hydrogens is 444 g/mol. The summed E-state index contributed by atoms with van der Waals surface area (Å²) in [6.07, 6.45) is 7.70. The molecule has 2 aliphatic rings. The van der Waals surface area contributed by atoms with Crippen LogP contribution in [0.4, 0.5) is 5.69 Å². The van der Waals surface area contributed by atoms with Crippen LogP contribution in [0.25, 0.3) is 21.9 Å².